The zero-order valence-electron chi connectivity index (χ0n) is 14.1. The van der Waals surface area contributed by atoms with Crippen LogP contribution < -0.4 is 5.32 Å². The molecule has 0 bridgehead atoms. The van der Waals surface area contributed by atoms with Crippen molar-refractivity contribution in [3.63, 3.8) is 0 Å². The van der Waals surface area contributed by atoms with E-state index in [1.54, 1.807) is 18.3 Å². The maximum atomic E-state index is 13.9. The number of nitrogens with zero attached hydrogens (tertiary/aromatic N) is 5. The Balaban J connectivity index is 1.72. The van der Waals surface area contributed by atoms with Crippen molar-refractivity contribution >= 4 is 11.8 Å². The first-order chi connectivity index (χ1) is 12.4. The largest absolute Gasteiger partial charge is 0.354 e. The molecule has 2 aromatic rings. The molecular formula is C16H18F2N6O2. The summed E-state index contributed by atoms with van der Waals surface area (Å²) in [6.07, 6.45) is 4.03. The number of carbonyl (C=O) groups excluding carboxylic acids is 2. The monoisotopic (exact) mass is 364 g/mol. The third-order valence-electron chi connectivity index (χ3n) is 4.17. The third-order valence-corrected chi connectivity index (χ3v) is 4.17. The molecule has 1 atom stereocenters. The second-order valence-electron chi connectivity index (χ2n) is 6.18. The molecule has 26 heavy (non-hydrogen) atoms. The van der Waals surface area contributed by atoms with Gasteiger partial charge in [0, 0.05) is 25.9 Å². The molecule has 0 spiro atoms. The lowest BCUT2D eigenvalue weighted by atomic mass is 10.1. The zero-order chi connectivity index (χ0) is 18.7. The van der Waals surface area contributed by atoms with Gasteiger partial charge in [0.1, 0.15) is 0 Å². The Bertz CT molecular complexity index is 795. The molecule has 1 saturated heterocycles. The van der Waals surface area contributed by atoms with Crippen LogP contribution in [0.3, 0.4) is 0 Å². The highest BCUT2D eigenvalue weighted by molar-refractivity contribution is 5.91. The average molecular weight is 364 g/mol. The molecule has 1 aliphatic heterocycles. The molecule has 1 fully saturated rings. The van der Waals surface area contributed by atoms with Crippen molar-refractivity contribution in [2.45, 2.75) is 31.4 Å². The fourth-order valence-electron chi connectivity index (χ4n) is 2.97. The van der Waals surface area contributed by atoms with Gasteiger partial charge in [0.25, 0.3) is 11.8 Å². The van der Waals surface area contributed by atoms with Crippen LogP contribution in [-0.4, -0.2) is 62.2 Å². The first-order valence-corrected chi connectivity index (χ1v) is 8.06. The van der Waals surface area contributed by atoms with Gasteiger partial charge in [-0.2, -0.15) is 0 Å². The lowest BCUT2D eigenvalue weighted by Crippen LogP contribution is -2.39. The summed E-state index contributed by atoms with van der Waals surface area (Å²) in [6, 6.07) is 2.68. The number of likely N-dealkylation sites (tertiary alicyclic amines) is 1. The predicted molar refractivity (Wildman–Crippen MR) is 86.4 cm³/mol. The fraction of sp³-hybridized carbons (Fsp3) is 0.438. The van der Waals surface area contributed by atoms with Crippen LogP contribution in [0.1, 0.15) is 22.5 Å². The Hall–Kier alpha value is -2.91. The van der Waals surface area contributed by atoms with Crippen molar-refractivity contribution in [3.05, 3.63) is 42.0 Å². The first kappa shape index (κ1) is 17.9. The maximum Gasteiger partial charge on any atom is 0.273 e. The van der Waals surface area contributed by atoms with E-state index in [9.17, 15) is 18.4 Å². The van der Waals surface area contributed by atoms with E-state index in [1.165, 1.54) is 29.0 Å². The molecule has 8 nitrogen and oxygen atoms in total. The van der Waals surface area contributed by atoms with E-state index in [-0.39, 0.29) is 18.7 Å². The maximum absolute atomic E-state index is 13.9. The Morgan fingerprint density at radius 1 is 1.42 bits per heavy atom. The van der Waals surface area contributed by atoms with Gasteiger partial charge in [0.2, 0.25) is 5.91 Å². The summed E-state index contributed by atoms with van der Waals surface area (Å²) in [6.45, 7) is -0.591. The predicted octanol–water partition coefficient (Wildman–Crippen LogP) is 0.512. The molecule has 0 radical (unpaired) electrons. The molecular weight excluding hydrogens is 346 g/mol. The summed E-state index contributed by atoms with van der Waals surface area (Å²) < 4.78 is 29.1. The highest BCUT2D eigenvalue weighted by Crippen LogP contribution is 2.33. The van der Waals surface area contributed by atoms with Gasteiger partial charge in [-0.15, -0.1) is 5.10 Å². The molecule has 0 saturated carbocycles. The number of alkyl halides is 2. The smallest absolute Gasteiger partial charge is 0.273 e. The number of carbonyl (C=O) groups is 2. The Morgan fingerprint density at radius 2 is 2.23 bits per heavy atom. The highest BCUT2D eigenvalue weighted by Gasteiger charge is 2.47. The normalized spacial score (nSPS) is 18.7. The lowest BCUT2D eigenvalue weighted by molar-refractivity contribution is -0.132. The topological polar surface area (TPSA) is 93.0 Å². The van der Waals surface area contributed by atoms with Crippen molar-refractivity contribution in [2.75, 3.05) is 13.6 Å². The SMILES string of the molecule is CNC(=O)c1cn(C[C@@H]2CC(F)(F)CN2C(=O)Cc2cccnc2)nn1. The first-order valence-electron chi connectivity index (χ1n) is 8.06. The average Bonchev–Trinajstić information content (AvgIpc) is 3.19. The van der Waals surface area contributed by atoms with Crippen LogP contribution in [0, 0.1) is 0 Å². The molecule has 10 heteroatoms. The van der Waals surface area contributed by atoms with Crippen LogP contribution in [0.2, 0.25) is 0 Å². The fourth-order valence-corrected chi connectivity index (χ4v) is 2.97. The quantitative estimate of drug-likeness (QED) is 0.835. The second-order valence-corrected chi connectivity index (χ2v) is 6.18. The standard InChI is InChI=1S/C16H18F2N6O2/c1-19-15(26)13-9-23(22-21-13)8-12-6-16(17,18)10-24(12)14(25)5-11-3-2-4-20-7-11/h2-4,7,9,12H,5-6,8,10H2,1H3,(H,19,26)/t12-/m0/s1. The van der Waals surface area contributed by atoms with Gasteiger partial charge in [-0.1, -0.05) is 11.3 Å². The number of amides is 2. The van der Waals surface area contributed by atoms with Gasteiger partial charge in [-0.05, 0) is 11.6 Å². The van der Waals surface area contributed by atoms with Crippen molar-refractivity contribution in [1.82, 2.24) is 30.2 Å². The van der Waals surface area contributed by atoms with Crippen LogP contribution >= 0.6 is 0 Å². The van der Waals surface area contributed by atoms with Gasteiger partial charge in [0.15, 0.2) is 5.69 Å². The van der Waals surface area contributed by atoms with E-state index in [0.29, 0.717) is 5.56 Å². The van der Waals surface area contributed by atoms with Crippen molar-refractivity contribution in [1.29, 1.82) is 0 Å². The van der Waals surface area contributed by atoms with E-state index in [2.05, 4.69) is 20.6 Å². The summed E-state index contributed by atoms with van der Waals surface area (Å²) >= 11 is 0. The molecule has 3 heterocycles. The van der Waals surface area contributed by atoms with Crippen LogP contribution in [-0.2, 0) is 17.8 Å². The molecule has 1 N–H and O–H groups in total. The minimum atomic E-state index is -2.96. The molecule has 0 unspecified atom stereocenters. The molecule has 2 aromatic heterocycles. The number of rotatable bonds is 5. The van der Waals surface area contributed by atoms with E-state index in [4.69, 9.17) is 0 Å². The zero-order valence-corrected chi connectivity index (χ0v) is 14.1. The molecule has 138 valence electrons. The number of hydrogen-bond acceptors (Lipinski definition) is 5. The lowest BCUT2D eigenvalue weighted by Gasteiger charge is -2.23. The van der Waals surface area contributed by atoms with Crippen LogP contribution in [0.25, 0.3) is 0 Å². The van der Waals surface area contributed by atoms with E-state index in [0.717, 1.165) is 0 Å². The van der Waals surface area contributed by atoms with Crippen LogP contribution in [0.5, 0.6) is 0 Å². The van der Waals surface area contributed by atoms with Crippen molar-refractivity contribution in [3.8, 4) is 0 Å². The summed E-state index contributed by atoms with van der Waals surface area (Å²) in [5, 5.41) is 9.90. The minimum absolute atomic E-state index is 0.00126. The van der Waals surface area contributed by atoms with E-state index < -0.39 is 36.7 Å². The number of halogens is 2. The van der Waals surface area contributed by atoms with Gasteiger partial charge in [0.05, 0.1) is 31.7 Å². The van der Waals surface area contributed by atoms with E-state index >= 15 is 0 Å². The Labute approximate surface area is 148 Å². The van der Waals surface area contributed by atoms with Gasteiger partial charge in [-0.25, -0.2) is 13.5 Å². The number of pyridine rings is 1. The van der Waals surface area contributed by atoms with E-state index in [1.807, 2.05) is 0 Å². The van der Waals surface area contributed by atoms with Gasteiger partial charge in [-0.3, -0.25) is 14.6 Å². The molecule has 3 rings (SSSR count). The molecule has 1 aliphatic rings. The number of hydrogen-bond donors (Lipinski definition) is 1. The van der Waals surface area contributed by atoms with Gasteiger partial charge < -0.3 is 10.2 Å². The second kappa shape index (κ2) is 7.14. The Kier molecular flexibility index (Phi) is 4.92. The van der Waals surface area contributed by atoms with Crippen LogP contribution in [0.4, 0.5) is 8.78 Å². The highest BCUT2D eigenvalue weighted by atomic mass is 19.3. The summed E-state index contributed by atoms with van der Waals surface area (Å²) in [7, 11) is 1.46. The minimum Gasteiger partial charge on any atom is -0.354 e. The molecule has 2 amide bonds. The number of nitrogens with one attached hydrogen (secondary N) is 1. The summed E-state index contributed by atoms with van der Waals surface area (Å²) in [5.74, 6) is -3.77. The van der Waals surface area contributed by atoms with Crippen LogP contribution in [0.15, 0.2) is 30.7 Å². The van der Waals surface area contributed by atoms with Crippen molar-refractivity contribution in [2.24, 2.45) is 0 Å². The molecule has 0 aromatic carbocycles. The third kappa shape index (κ3) is 4.01. The number of aromatic nitrogens is 4. The molecule has 0 aliphatic carbocycles. The van der Waals surface area contributed by atoms with Gasteiger partial charge >= 0.3 is 0 Å². The summed E-state index contributed by atoms with van der Waals surface area (Å²) in [5.41, 5.74) is 0.750. The summed E-state index contributed by atoms with van der Waals surface area (Å²) in [4.78, 5) is 29.1. The Morgan fingerprint density at radius 3 is 2.92 bits per heavy atom. The van der Waals surface area contributed by atoms with Crippen molar-refractivity contribution < 1.29 is 18.4 Å².